The number of carbonyl (C=O) groups excluding carboxylic acids is 1. The quantitative estimate of drug-likeness (QED) is 0.847. The van der Waals surface area contributed by atoms with E-state index in [1.54, 1.807) is 12.1 Å². The van der Waals surface area contributed by atoms with Crippen LogP contribution >= 0.6 is 11.3 Å². The van der Waals surface area contributed by atoms with Gasteiger partial charge in [-0.1, -0.05) is 12.1 Å². The molecule has 2 aromatic rings. The number of anilines is 1. The molecule has 1 aromatic heterocycles. The van der Waals surface area contributed by atoms with Gasteiger partial charge >= 0.3 is 5.97 Å². The number of carboxylic acids is 1. The van der Waals surface area contributed by atoms with Crippen molar-refractivity contribution in [3.05, 3.63) is 57.8 Å². The molecule has 0 saturated carbocycles. The van der Waals surface area contributed by atoms with Crippen molar-refractivity contribution in [1.82, 2.24) is 0 Å². The van der Waals surface area contributed by atoms with Crippen LogP contribution in [0.1, 0.15) is 20.8 Å². The summed E-state index contributed by atoms with van der Waals surface area (Å²) in [6.45, 7) is 1.89. The van der Waals surface area contributed by atoms with E-state index < -0.39 is 5.97 Å². The van der Waals surface area contributed by atoms with Gasteiger partial charge in [-0.15, -0.1) is 11.3 Å². The Morgan fingerprint density at radius 2 is 2.10 bits per heavy atom. The van der Waals surface area contributed by atoms with Crippen LogP contribution in [0.2, 0.25) is 0 Å². The van der Waals surface area contributed by atoms with E-state index >= 15 is 0 Å². The second-order valence-electron chi connectivity index (χ2n) is 4.24. The fourth-order valence-corrected chi connectivity index (χ4v) is 2.37. The molecule has 1 aromatic carbocycles. The molecule has 1 amide bonds. The SMILES string of the molecule is Cc1cc(/C=C/C(=O)O)cc(NC(=O)c2cccs2)c1. The van der Waals surface area contributed by atoms with Crippen molar-refractivity contribution in [3.8, 4) is 0 Å². The molecule has 4 nitrogen and oxygen atoms in total. The van der Waals surface area contributed by atoms with Crippen LogP contribution in [0.15, 0.2) is 41.8 Å². The normalized spacial score (nSPS) is 10.7. The van der Waals surface area contributed by atoms with Crippen molar-refractivity contribution in [3.63, 3.8) is 0 Å². The summed E-state index contributed by atoms with van der Waals surface area (Å²) in [6.07, 6.45) is 2.57. The first-order valence-corrected chi connectivity index (χ1v) is 6.80. The van der Waals surface area contributed by atoms with E-state index in [1.165, 1.54) is 17.4 Å². The molecule has 0 spiro atoms. The number of carboxylic acid groups (broad SMARTS) is 1. The minimum Gasteiger partial charge on any atom is -0.478 e. The van der Waals surface area contributed by atoms with Crippen LogP contribution < -0.4 is 5.32 Å². The number of hydrogen-bond donors (Lipinski definition) is 2. The largest absolute Gasteiger partial charge is 0.478 e. The third-order valence-electron chi connectivity index (χ3n) is 2.52. The summed E-state index contributed by atoms with van der Waals surface area (Å²) >= 11 is 1.37. The molecule has 0 atom stereocenters. The van der Waals surface area contributed by atoms with Gasteiger partial charge in [0.2, 0.25) is 0 Å². The van der Waals surface area contributed by atoms with Gasteiger partial charge in [-0.05, 0) is 47.7 Å². The van der Waals surface area contributed by atoms with Gasteiger partial charge in [0.15, 0.2) is 0 Å². The number of hydrogen-bond acceptors (Lipinski definition) is 3. The van der Waals surface area contributed by atoms with Crippen LogP contribution in [0.5, 0.6) is 0 Å². The lowest BCUT2D eigenvalue weighted by Crippen LogP contribution is -2.10. The molecule has 0 unspecified atom stereocenters. The van der Waals surface area contributed by atoms with E-state index in [2.05, 4.69) is 5.32 Å². The molecule has 20 heavy (non-hydrogen) atoms. The third-order valence-corrected chi connectivity index (χ3v) is 3.39. The topological polar surface area (TPSA) is 66.4 Å². The summed E-state index contributed by atoms with van der Waals surface area (Å²) in [5, 5.41) is 13.3. The van der Waals surface area contributed by atoms with Crippen LogP contribution in [-0.2, 0) is 4.79 Å². The average molecular weight is 287 g/mol. The Bertz CT molecular complexity index is 660. The van der Waals surface area contributed by atoms with E-state index in [0.29, 0.717) is 10.6 Å². The first-order chi connectivity index (χ1) is 9.54. The van der Waals surface area contributed by atoms with Gasteiger partial charge in [-0.2, -0.15) is 0 Å². The molecule has 0 saturated heterocycles. The highest BCUT2D eigenvalue weighted by atomic mass is 32.1. The lowest BCUT2D eigenvalue weighted by Gasteiger charge is -2.06. The summed E-state index contributed by atoms with van der Waals surface area (Å²) < 4.78 is 0. The van der Waals surface area contributed by atoms with E-state index in [0.717, 1.165) is 17.2 Å². The van der Waals surface area contributed by atoms with Crippen LogP contribution in [0.3, 0.4) is 0 Å². The number of thiophene rings is 1. The zero-order chi connectivity index (χ0) is 14.5. The van der Waals surface area contributed by atoms with Crippen LogP contribution in [0, 0.1) is 6.92 Å². The molecule has 2 N–H and O–H groups in total. The summed E-state index contributed by atoms with van der Waals surface area (Å²) in [4.78, 5) is 23.1. The van der Waals surface area contributed by atoms with Crippen molar-refractivity contribution >= 4 is 35.0 Å². The zero-order valence-electron chi connectivity index (χ0n) is 10.8. The number of aryl methyl sites for hydroxylation is 1. The van der Waals surface area contributed by atoms with E-state index in [9.17, 15) is 9.59 Å². The number of carbonyl (C=O) groups is 2. The van der Waals surface area contributed by atoms with Gasteiger partial charge in [-0.3, -0.25) is 4.79 Å². The average Bonchev–Trinajstić information content (AvgIpc) is 2.89. The van der Waals surface area contributed by atoms with Gasteiger partial charge in [0, 0.05) is 11.8 Å². The molecule has 0 aliphatic heterocycles. The maximum atomic E-state index is 12.0. The molecule has 0 aliphatic carbocycles. The molecule has 5 heteroatoms. The Balaban J connectivity index is 2.20. The van der Waals surface area contributed by atoms with E-state index in [-0.39, 0.29) is 5.91 Å². The first-order valence-electron chi connectivity index (χ1n) is 5.92. The van der Waals surface area contributed by atoms with Gasteiger partial charge in [0.25, 0.3) is 5.91 Å². The molecule has 0 radical (unpaired) electrons. The van der Waals surface area contributed by atoms with Crippen molar-refractivity contribution in [2.45, 2.75) is 6.92 Å². The maximum absolute atomic E-state index is 12.0. The molecular weight excluding hydrogens is 274 g/mol. The fraction of sp³-hybridized carbons (Fsp3) is 0.0667. The van der Waals surface area contributed by atoms with Crippen LogP contribution in [0.25, 0.3) is 6.08 Å². The number of nitrogens with one attached hydrogen (secondary N) is 1. The van der Waals surface area contributed by atoms with Gasteiger partial charge in [0.05, 0.1) is 4.88 Å². The second kappa shape index (κ2) is 6.16. The Hall–Kier alpha value is -2.40. The molecule has 0 fully saturated rings. The fourth-order valence-electron chi connectivity index (χ4n) is 1.75. The summed E-state index contributed by atoms with van der Waals surface area (Å²) in [5.41, 5.74) is 2.32. The Morgan fingerprint density at radius 3 is 2.75 bits per heavy atom. The summed E-state index contributed by atoms with van der Waals surface area (Å²) in [7, 11) is 0. The van der Waals surface area contributed by atoms with E-state index in [1.807, 2.05) is 30.5 Å². The number of benzene rings is 1. The van der Waals surface area contributed by atoms with Crippen molar-refractivity contribution < 1.29 is 14.7 Å². The van der Waals surface area contributed by atoms with Gasteiger partial charge < -0.3 is 10.4 Å². The Kier molecular flexibility index (Phi) is 4.32. The van der Waals surface area contributed by atoms with Crippen molar-refractivity contribution in [2.24, 2.45) is 0 Å². The monoisotopic (exact) mass is 287 g/mol. The molecule has 2 rings (SSSR count). The minimum absolute atomic E-state index is 0.168. The molecule has 0 aliphatic rings. The van der Waals surface area contributed by atoms with Crippen molar-refractivity contribution in [2.75, 3.05) is 5.32 Å². The van der Waals surface area contributed by atoms with Crippen molar-refractivity contribution in [1.29, 1.82) is 0 Å². The highest BCUT2D eigenvalue weighted by molar-refractivity contribution is 7.12. The Labute approximate surface area is 120 Å². The molecule has 1 heterocycles. The van der Waals surface area contributed by atoms with Gasteiger partial charge in [0.1, 0.15) is 0 Å². The lowest BCUT2D eigenvalue weighted by molar-refractivity contribution is -0.131. The lowest BCUT2D eigenvalue weighted by atomic mass is 10.1. The predicted molar refractivity (Wildman–Crippen MR) is 80.1 cm³/mol. The first kappa shape index (κ1) is 14.0. The van der Waals surface area contributed by atoms with Crippen LogP contribution in [0.4, 0.5) is 5.69 Å². The second-order valence-corrected chi connectivity index (χ2v) is 5.18. The number of aliphatic carboxylic acids is 1. The Morgan fingerprint density at radius 1 is 1.30 bits per heavy atom. The van der Waals surface area contributed by atoms with Gasteiger partial charge in [-0.25, -0.2) is 4.79 Å². The highest BCUT2D eigenvalue weighted by Crippen LogP contribution is 2.18. The number of rotatable bonds is 4. The van der Waals surface area contributed by atoms with Crippen LogP contribution in [-0.4, -0.2) is 17.0 Å². The standard InChI is InChI=1S/C15H13NO3S/c1-10-7-11(4-5-14(17)18)9-12(8-10)16-15(19)13-3-2-6-20-13/h2-9H,1H3,(H,16,19)(H,17,18)/b5-4+. The number of amides is 1. The predicted octanol–water partition coefficient (Wildman–Crippen LogP) is 3.41. The third kappa shape index (κ3) is 3.80. The summed E-state index contributed by atoms with van der Waals surface area (Å²) in [6, 6.07) is 8.99. The maximum Gasteiger partial charge on any atom is 0.328 e. The minimum atomic E-state index is -1.00. The smallest absolute Gasteiger partial charge is 0.328 e. The summed E-state index contributed by atoms with van der Waals surface area (Å²) in [5.74, 6) is -1.17. The van der Waals surface area contributed by atoms with E-state index in [4.69, 9.17) is 5.11 Å². The highest BCUT2D eigenvalue weighted by Gasteiger charge is 2.07. The molecular formula is C15H13NO3S. The molecule has 102 valence electrons. The molecule has 0 bridgehead atoms. The zero-order valence-corrected chi connectivity index (χ0v) is 11.6.